The van der Waals surface area contributed by atoms with E-state index in [1.54, 1.807) is 0 Å². The third-order valence-electron chi connectivity index (χ3n) is 1.38. The summed E-state index contributed by atoms with van der Waals surface area (Å²) >= 11 is 3.03. The maximum atomic E-state index is 13.0. The van der Waals surface area contributed by atoms with Crippen LogP contribution >= 0.6 is 15.9 Å². The predicted molar refractivity (Wildman–Crippen MR) is 48.3 cm³/mol. The van der Waals surface area contributed by atoms with Crippen molar-refractivity contribution >= 4 is 26.0 Å². The fourth-order valence-corrected chi connectivity index (χ4v) is 2.03. The first-order chi connectivity index (χ1) is 5.97. The lowest BCUT2D eigenvalue weighted by molar-refractivity contribution is 0.393. The summed E-state index contributed by atoms with van der Waals surface area (Å²) in [5.74, 6) is -0.829. The Bertz CT molecular complexity index is 416. The van der Waals surface area contributed by atoms with Crippen molar-refractivity contribution in [3.8, 4) is 0 Å². The number of hydrogen-bond donors (Lipinski definition) is 0. The second-order valence-corrected chi connectivity index (χ2v) is 4.79. The highest BCUT2D eigenvalue weighted by atomic mass is 79.9. The molecule has 0 amide bonds. The van der Waals surface area contributed by atoms with Gasteiger partial charge < -0.3 is 0 Å². The van der Waals surface area contributed by atoms with Crippen molar-refractivity contribution in [1.82, 2.24) is 0 Å². The zero-order valence-electron chi connectivity index (χ0n) is 6.62. The summed E-state index contributed by atoms with van der Waals surface area (Å²) in [6, 6.07) is 3.61. The smallest absolute Gasteiger partial charge is 0.270 e. The summed E-state index contributed by atoms with van der Waals surface area (Å²) in [6.07, 6.45) is 0. The van der Waals surface area contributed by atoms with Gasteiger partial charge in [0, 0.05) is 4.47 Å². The van der Waals surface area contributed by atoms with Gasteiger partial charge in [-0.05, 0) is 18.2 Å². The third-order valence-corrected chi connectivity index (χ3v) is 3.17. The minimum absolute atomic E-state index is 0.468. The fraction of sp³-hybridized carbons (Fsp3) is 0.143. The van der Waals surface area contributed by atoms with Gasteiger partial charge in [0.05, 0.1) is 7.11 Å². The van der Waals surface area contributed by atoms with Crippen LogP contribution in [0.15, 0.2) is 27.6 Å². The lowest BCUT2D eigenvalue weighted by Crippen LogP contribution is -2.05. The van der Waals surface area contributed by atoms with Gasteiger partial charge in [-0.25, -0.2) is 4.39 Å². The Morgan fingerprint density at radius 2 is 2.08 bits per heavy atom. The summed E-state index contributed by atoms with van der Waals surface area (Å²) in [7, 11) is -2.97. The highest BCUT2D eigenvalue weighted by molar-refractivity contribution is 9.10. The Morgan fingerprint density at radius 3 is 2.62 bits per heavy atom. The Labute approximate surface area is 83.8 Å². The molecule has 0 radical (unpaired) electrons. The van der Waals surface area contributed by atoms with Crippen molar-refractivity contribution in [2.75, 3.05) is 7.11 Å². The average molecular weight is 269 g/mol. The van der Waals surface area contributed by atoms with E-state index in [2.05, 4.69) is 20.1 Å². The Morgan fingerprint density at radius 1 is 1.46 bits per heavy atom. The van der Waals surface area contributed by atoms with Gasteiger partial charge in [-0.15, -0.1) is 0 Å². The molecular weight excluding hydrogens is 263 g/mol. The standard InChI is InChI=1S/C7H6BrFO3S/c1-12-13(10,11)7-4-5(8)2-3-6(7)9/h2-4H,1H3. The first-order valence-corrected chi connectivity index (χ1v) is 5.43. The maximum Gasteiger partial charge on any atom is 0.299 e. The zero-order valence-corrected chi connectivity index (χ0v) is 9.02. The minimum Gasteiger partial charge on any atom is -0.270 e. The van der Waals surface area contributed by atoms with Gasteiger partial charge in [0.15, 0.2) is 0 Å². The van der Waals surface area contributed by atoms with E-state index < -0.39 is 20.8 Å². The van der Waals surface area contributed by atoms with Crippen molar-refractivity contribution in [3.05, 3.63) is 28.5 Å². The van der Waals surface area contributed by atoms with Crippen LogP contribution < -0.4 is 0 Å². The molecule has 0 unspecified atom stereocenters. The zero-order chi connectivity index (χ0) is 10.1. The molecule has 0 heterocycles. The van der Waals surface area contributed by atoms with Gasteiger partial charge in [0.1, 0.15) is 10.7 Å². The molecule has 0 saturated heterocycles. The van der Waals surface area contributed by atoms with Gasteiger partial charge in [-0.1, -0.05) is 15.9 Å². The van der Waals surface area contributed by atoms with E-state index in [-0.39, 0.29) is 0 Å². The highest BCUT2D eigenvalue weighted by Crippen LogP contribution is 2.20. The van der Waals surface area contributed by atoms with Gasteiger partial charge in [0.2, 0.25) is 0 Å². The van der Waals surface area contributed by atoms with Crippen LogP contribution in [0, 0.1) is 5.82 Å². The molecule has 0 aliphatic rings. The van der Waals surface area contributed by atoms with Crippen molar-refractivity contribution in [2.45, 2.75) is 4.90 Å². The molecule has 0 aliphatic carbocycles. The topological polar surface area (TPSA) is 43.4 Å². The second-order valence-electron chi connectivity index (χ2n) is 2.20. The van der Waals surface area contributed by atoms with E-state index in [1.165, 1.54) is 6.07 Å². The van der Waals surface area contributed by atoms with E-state index in [4.69, 9.17) is 0 Å². The van der Waals surface area contributed by atoms with Crippen molar-refractivity contribution < 1.29 is 17.0 Å². The number of hydrogen-bond acceptors (Lipinski definition) is 3. The lowest BCUT2D eigenvalue weighted by Gasteiger charge is -2.02. The van der Waals surface area contributed by atoms with Crippen LogP contribution in [0.4, 0.5) is 4.39 Å². The molecule has 1 aromatic carbocycles. The summed E-state index contributed by atoms with van der Waals surface area (Å²) in [5, 5.41) is 0. The van der Waals surface area contributed by atoms with Gasteiger partial charge in [-0.2, -0.15) is 8.42 Å². The largest absolute Gasteiger partial charge is 0.299 e. The molecule has 0 saturated carbocycles. The molecule has 3 nitrogen and oxygen atoms in total. The molecule has 13 heavy (non-hydrogen) atoms. The molecule has 6 heteroatoms. The summed E-state index contributed by atoms with van der Waals surface area (Å²) in [4.78, 5) is -0.468. The van der Waals surface area contributed by atoms with Crippen molar-refractivity contribution in [2.24, 2.45) is 0 Å². The van der Waals surface area contributed by atoms with Crippen LogP contribution in [0.5, 0.6) is 0 Å². The summed E-state index contributed by atoms with van der Waals surface area (Å²) in [6.45, 7) is 0. The van der Waals surface area contributed by atoms with Crippen molar-refractivity contribution in [3.63, 3.8) is 0 Å². The van der Waals surface area contributed by atoms with E-state index in [0.29, 0.717) is 4.47 Å². The summed E-state index contributed by atoms with van der Waals surface area (Å²) in [5.41, 5.74) is 0. The average Bonchev–Trinajstić information content (AvgIpc) is 2.09. The molecule has 0 atom stereocenters. The second kappa shape index (κ2) is 3.73. The molecule has 0 aromatic heterocycles. The molecular formula is C7H6BrFO3S. The SMILES string of the molecule is COS(=O)(=O)c1cc(Br)ccc1F. The van der Waals surface area contributed by atoms with E-state index in [0.717, 1.165) is 19.2 Å². The van der Waals surface area contributed by atoms with E-state index in [1.807, 2.05) is 0 Å². The monoisotopic (exact) mass is 268 g/mol. The molecule has 0 fully saturated rings. The van der Waals surface area contributed by atoms with Gasteiger partial charge in [-0.3, -0.25) is 4.18 Å². The van der Waals surface area contributed by atoms with Crippen LogP contribution in [-0.4, -0.2) is 15.5 Å². The van der Waals surface area contributed by atoms with Crippen LogP contribution in [-0.2, 0) is 14.3 Å². The molecule has 1 aromatic rings. The summed E-state index contributed by atoms with van der Waals surface area (Å²) < 4.78 is 39.8. The van der Waals surface area contributed by atoms with E-state index in [9.17, 15) is 12.8 Å². The number of halogens is 2. The Hall–Kier alpha value is -0.460. The third kappa shape index (κ3) is 2.26. The van der Waals surface area contributed by atoms with Crippen LogP contribution in [0.2, 0.25) is 0 Å². The minimum atomic E-state index is -3.96. The first-order valence-electron chi connectivity index (χ1n) is 3.23. The molecule has 0 N–H and O–H groups in total. The maximum absolute atomic E-state index is 13.0. The van der Waals surface area contributed by atoms with Crippen LogP contribution in [0.25, 0.3) is 0 Å². The Kier molecular flexibility index (Phi) is 3.05. The Balaban J connectivity index is 3.38. The van der Waals surface area contributed by atoms with E-state index >= 15 is 0 Å². The highest BCUT2D eigenvalue weighted by Gasteiger charge is 2.18. The normalized spacial score (nSPS) is 11.6. The lowest BCUT2D eigenvalue weighted by atomic mass is 10.3. The van der Waals surface area contributed by atoms with Crippen LogP contribution in [0.1, 0.15) is 0 Å². The van der Waals surface area contributed by atoms with Crippen molar-refractivity contribution in [1.29, 1.82) is 0 Å². The first kappa shape index (κ1) is 10.6. The molecule has 0 spiro atoms. The number of benzene rings is 1. The van der Waals surface area contributed by atoms with Gasteiger partial charge >= 0.3 is 0 Å². The molecule has 0 aliphatic heterocycles. The predicted octanol–water partition coefficient (Wildman–Crippen LogP) is 1.92. The molecule has 1 rings (SSSR count). The van der Waals surface area contributed by atoms with Gasteiger partial charge in [0.25, 0.3) is 10.1 Å². The van der Waals surface area contributed by atoms with Crippen LogP contribution in [0.3, 0.4) is 0 Å². The number of rotatable bonds is 2. The molecule has 0 bridgehead atoms. The fourth-order valence-electron chi connectivity index (χ4n) is 0.759. The quantitative estimate of drug-likeness (QED) is 0.770. The molecule has 72 valence electrons.